The van der Waals surface area contributed by atoms with Crippen LogP contribution in [0.2, 0.25) is 0 Å². The van der Waals surface area contributed by atoms with E-state index in [9.17, 15) is 4.79 Å². The van der Waals surface area contributed by atoms with Crippen LogP contribution in [0.1, 0.15) is 30.6 Å². The van der Waals surface area contributed by atoms with Gasteiger partial charge < -0.3 is 10.2 Å². The molecule has 2 atom stereocenters. The topological polar surface area (TPSA) is 32.3 Å². The number of piperidine rings is 1. The molecule has 1 saturated heterocycles. The maximum Gasteiger partial charge on any atom is 0.230 e. The number of hydrogen-bond acceptors (Lipinski definition) is 3. The van der Waals surface area contributed by atoms with Gasteiger partial charge in [0.1, 0.15) is 0 Å². The molecule has 1 fully saturated rings. The van der Waals surface area contributed by atoms with E-state index in [4.69, 9.17) is 0 Å². The molecule has 1 amide bonds. The SMILES string of the molecule is CNCC1CCCN(C(=O)C(C)c2ccc(Br)s2)C1. The molecule has 3 nitrogen and oxygen atoms in total. The van der Waals surface area contributed by atoms with E-state index in [1.54, 1.807) is 11.3 Å². The van der Waals surface area contributed by atoms with Gasteiger partial charge in [-0.2, -0.15) is 0 Å². The van der Waals surface area contributed by atoms with Crippen molar-refractivity contribution >= 4 is 33.2 Å². The second kappa shape index (κ2) is 6.86. The number of nitrogens with zero attached hydrogens (tertiary/aromatic N) is 1. The van der Waals surface area contributed by atoms with Crippen molar-refractivity contribution in [3.63, 3.8) is 0 Å². The number of amides is 1. The average Bonchev–Trinajstić information content (AvgIpc) is 2.84. The first-order chi connectivity index (χ1) is 9.11. The van der Waals surface area contributed by atoms with Crippen LogP contribution in [0.25, 0.3) is 0 Å². The first-order valence-corrected chi connectivity index (χ1v) is 8.41. The lowest BCUT2D eigenvalue weighted by Gasteiger charge is -2.34. The van der Waals surface area contributed by atoms with Gasteiger partial charge in [0.05, 0.1) is 9.70 Å². The molecule has 0 radical (unpaired) electrons. The van der Waals surface area contributed by atoms with Crippen molar-refractivity contribution in [2.75, 3.05) is 26.7 Å². The number of carbonyl (C=O) groups is 1. The van der Waals surface area contributed by atoms with Crippen molar-refractivity contribution in [1.29, 1.82) is 0 Å². The monoisotopic (exact) mass is 344 g/mol. The van der Waals surface area contributed by atoms with Crippen LogP contribution in [-0.2, 0) is 4.79 Å². The smallest absolute Gasteiger partial charge is 0.230 e. The fourth-order valence-corrected chi connectivity index (χ4v) is 4.14. The van der Waals surface area contributed by atoms with Gasteiger partial charge in [-0.25, -0.2) is 0 Å². The third-order valence-electron chi connectivity index (χ3n) is 3.71. The summed E-state index contributed by atoms with van der Waals surface area (Å²) >= 11 is 5.12. The van der Waals surface area contributed by atoms with Crippen LogP contribution in [0.3, 0.4) is 0 Å². The molecule has 1 N–H and O–H groups in total. The van der Waals surface area contributed by atoms with E-state index < -0.39 is 0 Å². The fraction of sp³-hybridized carbons (Fsp3) is 0.643. The van der Waals surface area contributed by atoms with Crippen LogP contribution in [0.15, 0.2) is 15.9 Å². The van der Waals surface area contributed by atoms with Crippen LogP contribution in [0, 0.1) is 5.92 Å². The Bertz CT molecular complexity index is 433. The zero-order valence-corrected chi connectivity index (χ0v) is 13.9. The van der Waals surface area contributed by atoms with Gasteiger partial charge in [0.2, 0.25) is 5.91 Å². The summed E-state index contributed by atoms with van der Waals surface area (Å²) in [6.45, 7) is 4.83. The van der Waals surface area contributed by atoms with Crippen LogP contribution in [0.4, 0.5) is 0 Å². The number of likely N-dealkylation sites (tertiary alicyclic amines) is 1. The molecule has 0 spiro atoms. The van der Waals surface area contributed by atoms with E-state index in [1.807, 2.05) is 31.0 Å². The third kappa shape index (κ3) is 3.80. The second-order valence-electron chi connectivity index (χ2n) is 5.21. The Hall–Kier alpha value is -0.390. The molecule has 2 rings (SSSR count). The second-order valence-corrected chi connectivity index (χ2v) is 7.71. The summed E-state index contributed by atoms with van der Waals surface area (Å²) in [5.41, 5.74) is 0. The molecule has 5 heteroatoms. The first-order valence-electron chi connectivity index (χ1n) is 6.80. The molecule has 19 heavy (non-hydrogen) atoms. The summed E-state index contributed by atoms with van der Waals surface area (Å²) in [6.07, 6.45) is 2.35. The molecular weight excluding hydrogens is 324 g/mol. The molecule has 1 aliphatic heterocycles. The van der Waals surface area contributed by atoms with Crippen LogP contribution in [0.5, 0.6) is 0 Å². The maximum atomic E-state index is 12.6. The van der Waals surface area contributed by atoms with Gasteiger partial charge in [0.15, 0.2) is 0 Å². The van der Waals surface area contributed by atoms with E-state index in [2.05, 4.69) is 21.2 Å². The highest BCUT2D eigenvalue weighted by atomic mass is 79.9. The van der Waals surface area contributed by atoms with Crippen molar-refractivity contribution in [3.05, 3.63) is 20.8 Å². The van der Waals surface area contributed by atoms with Gasteiger partial charge in [-0.3, -0.25) is 4.79 Å². The lowest BCUT2D eigenvalue weighted by Crippen LogP contribution is -2.43. The summed E-state index contributed by atoms with van der Waals surface area (Å²) in [4.78, 5) is 15.7. The molecule has 0 aromatic carbocycles. The standard InChI is InChI=1S/C14H21BrN2OS/c1-10(12-5-6-13(15)19-12)14(18)17-7-3-4-11(9-17)8-16-2/h5-6,10-11,16H,3-4,7-9H2,1-2H3. The van der Waals surface area contributed by atoms with Crippen molar-refractivity contribution in [2.45, 2.75) is 25.7 Å². The van der Waals surface area contributed by atoms with Crippen LogP contribution >= 0.6 is 27.3 Å². The molecule has 0 bridgehead atoms. The van der Waals surface area contributed by atoms with Gasteiger partial charge >= 0.3 is 0 Å². The molecule has 1 aromatic rings. The highest BCUT2D eigenvalue weighted by Crippen LogP contribution is 2.30. The highest BCUT2D eigenvalue weighted by molar-refractivity contribution is 9.11. The first kappa shape index (κ1) is 15.0. The molecule has 1 aliphatic rings. The van der Waals surface area contributed by atoms with E-state index in [0.717, 1.165) is 34.7 Å². The Morgan fingerprint density at radius 3 is 3.05 bits per heavy atom. The predicted molar refractivity (Wildman–Crippen MR) is 83.7 cm³/mol. The van der Waals surface area contributed by atoms with Gasteiger partial charge in [0.25, 0.3) is 0 Å². The molecule has 0 aliphatic carbocycles. The third-order valence-corrected chi connectivity index (χ3v) is 5.52. The predicted octanol–water partition coefficient (Wildman–Crippen LogP) is 3.07. The number of halogens is 1. The minimum Gasteiger partial charge on any atom is -0.342 e. The Labute approximate surface area is 127 Å². The van der Waals surface area contributed by atoms with Gasteiger partial charge in [-0.15, -0.1) is 11.3 Å². The van der Waals surface area contributed by atoms with Crippen molar-refractivity contribution in [1.82, 2.24) is 10.2 Å². The van der Waals surface area contributed by atoms with Gasteiger partial charge in [-0.05, 0) is 67.3 Å². The molecule has 0 saturated carbocycles. The lowest BCUT2D eigenvalue weighted by molar-refractivity contribution is -0.134. The quantitative estimate of drug-likeness (QED) is 0.910. The van der Waals surface area contributed by atoms with Crippen molar-refractivity contribution < 1.29 is 4.79 Å². The molecular formula is C14H21BrN2OS. The normalized spacial score (nSPS) is 21.4. The number of nitrogens with one attached hydrogen (secondary N) is 1. The van der Waals surface area contributed by atoms with E-state index in [-0.39, 0.29) is 11.8 Å². The Morgan fingerprint density at radius 2 is 2.42 bits per heavy atom. The maximum absolute atomic E-state index is 12.6. The Morgan fingerprint density at radius 1 is 1.63 bits per heavy atom. The summed E-state index contributed by atoms with van der Waals surface area (Å²) in [5.74, 6) is 0.852. The zero-order valence-electron chi connectivity index (χ0n) is 11.5. The molecule has 106 valence electrons. The summed E-state index contributed by atoms with van der Waals surface area (Å²) < 4.78 is 1.09. The summed E-state index contributed by atoms with van der Waals surface area (Å²) in [5, 5.41) is 3.22. The minimum atomic E-state index is -0.0235. The molecule has 2 unspecified atom stereocenters. The van der Waals surface area contributed by atoms with Gasteiger partial charge in [-0.1, -0.05) is 0 Å². The van der Waals surface area contributed by atoms with Crippen LogP contribution < -0.4 is 5.32 Å². The Balaban J connectivity index is 1.98. The highest BCUT2D eigenvalue weighted by Gasteiger charge is 2.27. The van der Waals surface area contributed by atoms with Crippen LogP contribution in [-0.4, -0.2) is 37.5 Å². The largest absolute Gasteiger partial charge is 0.342 e. The summed E-state index contributed by atoms with van der Waals surface area (Å²) in [6, 6.07) is 4.07. The number of thiophene rings is 1. The minimum absolute atomic E-state index is 0.0235. The average molecular weight is 345 g/mol. The number of carbonyl (C=O) groups excluding carboxylic acids is 1. The number of hydrogen-bond donors (Lipinski definition) is 1. The number of rotatable bonds is 4. The summed E-state index contributed by atoms with van der Waals surface area (Å²) in [7, 11) is 1.98. The van der Waals surface area contributed by atoms with Gasteiger partial charge in [0, 0.05) is 18.0 Å². The zero-order chi connectivity index (χ0) is 13.8. The van der Waals surface area contributed by atoms with E-state index in [0.29, 0.717) is 5.92 Å². The lowest BCUT2D eigenvalue weighted by atomic mass is 9.96. The molecule has 2 heterocycles. The van der Waals surface area contributed by atoms with E-state index >= 15 is 0 Å². The van der Waals surface area contributed by atoms with Crippen molar-refractivity contribution in [3.8, 4) is 0 Å². The van der Waals surface area contributed by atoms with E-state index in [1.165, 1.54) is 6.42 Å². The Kier molecular flexibility index (Phi) is 5.42. The van der Waals surface area contributed by atoms with Crippen molar-refractivity contribution in [2.24, 2.45) is 5.92 Å². The molecule has 1 aromatic heterocycles. The fourth-order valence-electron chi connectivity index (χ4n) is 2.68.